The van der Waals surface area contributed by atoms with E-state index < -0.39 is 15.1 Å². The summed E-state index contributed by atoms with van der Waals surface area (Å²) < 4.78 is 25.3. The lowest BCUT2D eigenvalue weighted by molar-refractivity contribution is 0.0533. The Morgan fingerprint density at radius 2 is 1.34 bits per heavy atom. The summed E-state index contributed by atoms with van der Waals surface area (Å²) in [7, 11) is -3.57. The summed E-state index contributed by atoms with van der Waals surface area (Å²) in [4.78, 5) is 29.1. The van der Waals surface area contributed by atoms with Gasteiger partial charge in [0.15, 0.2) is 9.84 Å². The van der Waals surface area contributed by atoms with E-state index in [-0.39, 0.29) is 22.3 Å². The molecule has 1 heterocycles. The molecule has 1 aliphatic rings. The fourth-order valence-corrected chi connectivity index (χ4v) is 4.55. The number of piperazine rings is 1. The van der Waals surface area contributed by atoms with Crippen LogP contribution in [0.3, 0.4) is 0 Å². The number of amides is 2. The second kappa shape index (κ2) is 8.37. The van der Waals surface area contributed by atoms with Crippen LogP contribution in [0, 0.1) is 6.92 Å². The van der Waals surface area contributed by atoms with Crippen LogP contribution in [0.1, 0.15) is 40.1 Å². The van der Waals surface area contributed by atoms with Gasteiger partial charge >= 0.3 is 0 Å². The van der Waals surface area contributed by atoms with Crippen LogP contribution in [0.4, 0.5) is 0 Å². The van der Waals surface area contributed by atoms with Gasteiger partial charge in [0, 0.05) is 31.7 Å². The van der Waals surface area contributed by atoms with E-state index in [1.165, 1.54) is 6.07 Å². The second-order valence-corrected chi connectivity index (χ2v) is 10.0. The van der Waals surface area contributed by atoms with Gasteiger partial charge in [0.25, 0.3) is 11.8 Å². The average molecular weight is 415 g/mol. The number of hydrogen-bond donors (Lipinski definition) is 0. The molecule has 2 aromatic rings. The van der Waals surface area contributed by atoms with Gasteiger partial charge in [-0.2, -0.15) is 0 Å². The number of carbonyl (C=O) groups excluding carboxylic acids is 2. The second-order valence-electron chi connectivity index (χ2n) is 7.54. The van der Waals surface area contributed by atoms with Crippen LogP contribution < -0.4 is 0 Å². The predicted molar refractivity (Wildman–Crippen MR) is 112 cm³/mol. The molecule has 0 aromatic heterocycles. The molecule has 6 nitrogen and oxygen atoms in total. The molecule has 154 valence electrons. The summed E-state index contributed by atoms with van der Waals surface area (Å²) in [5, 5.41) is -0.611. The average Bonchev–Trinajstić information content (AvgIpc) is 2.73. The molecule has 0 unspecified atom stereocenters. The lowest BCUT2D eigenvalue weighted by Crippen LogP contribution is -2.50. The minimum Gasteiger partial charge on any atom is -0.335 e. The van der Waals surface area contributed by atoms with Crippen molar-refractivity contribution in [1.29, 1.82) is 0 Å². The fourth-order valence-electron chi connectivity index (χ4n) is 3.31. The van der Waals surface area contributed by atoms with Gasteiger partial charge in [0.05, 0.1) is 15.7 Å². The molecular formula is C22H26N2O4S. The van der Waals surface area contributed by atoms with Gasteiger partial charge in [-0.15, -0.1) is 0 Å². The Hall–Kier alpha value is -2.67. The molecule has 3 rings (SSSR count). The van der Waals surface area contributed by atoms with Crippen LogP contribution in [0.15, 0.2) is 53.4 Å². The molecule has 1 saturated heterocycles. The number of nitrogens with zero attached hydrogens (tertiary/aromatic N) is 2. The van der Waals surface area contributed by atoms with Crippen molar-refractivity contribution in [3.8, 4) is 0 Å². The summed E-state index contributed by atoms with van der Waals surface area (Å²) in [6.45, 7) is 6.74. The van der Waals surface area contributed by atoms with Gasteiger partial charge in [-0.3, -0.25) is 9.59 Å². The fraction of sp³-hybridized carbons (Fsp3) is 0.364. The van der Waals surface area contributed by atoms with E-state index in [1.807, 2.05) is 31.2 Å². The van der Waals surface area contributed by atoms with Gasteiger partial charge in [-0.1, -0.05) is 29.8 Å². The van der Waals surface area contributed by atoms with Crippen LogP contribution >= 0.6 is 0 Å². The molecule has 0 aliphatic carbocycles. The third-order valence-corrected chi connectivity index (χ3v) is 7.41. The number of aryl methyl sites for hydroxylation is 1. The Morgan fingerprint density at radius 1 is 0.828 bits per heavy atom. The molecule has 0 N–H and O–H groups in total. The minimum absolute atomic E-state index is 0.0557. The number of sulfone groups is 1. The standard InChI is InChI=1S/C22H26N2O4S/c1-16(2)29(27,28)20-7-5-4-6-19(20)22(26)24-14-12-23(13-15-24)21(25)18-10-8-17(3)9-11-18/h4-11,16H,12-15H2,1-3H3. The van der Waals surface area contributed by atoms with Crippen LogP contribution in [0.25, 0.3) is 0 Å². The quantitative estimate of drug-likeness (QED) is 0.771. The number of carbonyl (C=O) groups is 2. The van der Waals surface area contributed by atoms with Gasteiger partial charge in [0.1, 0.15) is 0 Å². The van der Waals surface area contributed by atoms with E-state index in [2.05, 4.69) is 0 Å². The normalized spacial score (nSPS) is 14.9. The van der Waals surface area contributed by atoms with E-state index in [0.29, 0.717) is 31.7 Å². The molecule has 0 radical (unpaired) electrons. The molecule has 0 saturated carbocycles. The Bertz CT molecular complexity index is 1010. The van der Waals surface area contributed by atoms with Gasteiger partial charge in [-0.25, -0.2) is 8.42 Å². The maximum absolute atomic E-state index is 13.0. The first-order chi connectivity index (χ1) is 13.7. The maximum Gasteiger partial charge on any atom is 0.255 e. The first-order valence-corrected chi connectivity index (χ1v) is 11.2. The molecule has 1 fully saturated rings. The Kier molecular flexibility index (Phi) is 6.07. The first kappa shape index (κ1) is 21.0. The Labute approximate surface area is 172 Å². The van der Waals surface area contributed by atoms with Crippen molar-refractivity contribution in [3.05, 3.63) is 65.2 Å². The Balaban J connectivity index is 1.73. The third kappa shape index (κ3) is 4.34. The highest BCUT2D eigenvalue weighted by Crippen LogP contribution is 2.22. The van der Waals surface area contributed by atoms with E-state index in [4.69, 9.17) is 0 Å². The predicted octanol–water partition coefficient (Wildman–Crippen LogP) is 2.78. The van der Waals surface area contributed by atoms with Gasteiger partial charge in [-0.05, 0) is 45.0 Å². The minimum atomic E-state index is -3.57. The van der Waals surface area contributed by atoms with Crippen molar-refractivity contribution in [2.75, 3.05) is 26.2 Å². The van der Waals surface area contributed by atoms with Crippen LogP contribution in [-0.2, 0) is 9.84 Å². The summed E-state index contributed by atoms with van der Waals surface area (Å²) in [5.74, 6) is -0.368. The lowest BCUT2D eigenvalue weighted by Gasteiger charge is -2.35. The molecule has 7 heteroatoms. The number of benzene rings is 2. The zero-order valence-corrected chi connectivity index (χ0v) is 17.8. The molecule has 1 aliphatic heterocycles. The zero-order valence-electron chi connectivity index (χ0n) is 17.0. The maximum atomic E-state index is 13.0. The molecule has 2 aromatic carbocycles. The number of rotatable bonds is 4. The first-order valence-electron chi connectivity index (χ1n) is 9.70. The monoisotopic (exact) mass is 414 g/mol. The van der Waals surface area contributed by atoms with E-state index in [1.54, 1.807) is 41.8 Å². The number of hydrogen-bond acceptors (Lipinski definition) is 4. The highest BCUT2D eigenvalue weighted by molar-refractivity contribution is 7.92. The van der Waals surface area contributed by atoms with Crippen molar-refractivity contribution in [2.24, 2.45) is 0 Å². The summed E-state index contributed by atoms with van der Waals surface area (Å²) in [6, 6.07) is 13.8. The Morgan fingerprint density at radius 3 is 1.90 bits per heavy atom. The largest absolute Gasteiger partial charge is 0.335 e. The summed E-state index contributed by atoms with van der Waals surface area (Å²) >= 11 is 0. The molecule has 2 amide bonds. The van der Waals surface area contributed by atoms with Gasteiger partial charge in [0.2, 0.25) is 0 Å². The van der Waals surface area contributed by atoms with Crippen molar-refractivity contribution >= 4 is 21.7 Å². The lowest BCUT2D eigenvalue weighted by atomic mass is 10.1. The smallest absolute Gasteiger partial charge is 0.255 e. The van der Waals surface area contributed by atoms with E-state index >= 15 is 0 Å². The molecular weight excluding hydrogens is 388 g/mol. The van der Waals surface area contributed by atoms with E-state index in [9.17, 15) is 18.0 Å². The van der Waals surface area contributed by atoms with Crippen LogP contribution in [0.2, 0.25) is 0 Å². The van der Waals surface area contributed by atoms with Crippen molar-refractivity contribution < 1.29 is 18.0 Å². The molecule has 0 bridgehead atoms. The van der Waals surface area contributed by atoms with Crippen LogP contribution in [0.5, 0.6) is 0 Å². The van der Waals surface area contributed by atoms with Crippen molar-refractivity contribution in [2.45, 2.75) is 30.9 Å². The summed E-state index contributed by atoms with van der Waals surface area (Å²) in [5.41, 5.74) is 1.91. The van der Waals surface area contributed by atoms with Gasteiger partial charge < -0.3 is 9.80 Å². The van der Waals surface area contributed by atoms with E-state index in [0.717, 1.165) is 5.56 Å². The topological polar surface area (TPSA) is 74.8 Å². The summed E-state index contributed by atoms with van der Waals surface area (Å²) in [6.07, 6.45) is 0. The highest BCUT2D eigenvalue weighted by atomic mass is 32.2. The zero-order chi connectivity index (χ0) is 21.2. The molecule has 0 atom stereocenters. The highest BCUT2D eigenvalue weighted by Gasteiger charge is 2.30. The molecule has 0 spiro atoms. The van der Waals surface area contributed by atoms with Crippen LogP contribution in [-0.4, -0.2) is 61.5 Å². The van der Waals surface area contributed by atoms with Crippen molar-refractivity contribution in [3.63, 3.8) is 0 Å². The SMILES string of the molecule is Cc1ccc(C(=O)N2CCN(C(=O)c3ccccc3S(=O)(=O)C(C)C)CC2)cc1. The third-order valence-electron chi connectivity index (χ3n) is 5.20. The van der Waals surface area contributed by atoms with Crippen molar-refractivity contribution in [1.82, 2.24) is 9.80 Å². The molecule has 29 heavy (non-hydrogen) atoms.